The second kappa shape index (κ2) is 9.40. The SMILES string of the molecule is COC(=O)CNCc1cc(Cl)c(Cc2ccc(O)c(C(C)C)c2F)c(Cl)c1. The van der Waals surface area contributed by atoms with Crippen molar-refractivity contribution in [1.29, 1.82) is 0 Å². The fourth-order valence-electron chi connectivity index (χ4n) is 2.81. The highest BCUT2D eigenvalue weighted by molar-refractivity contribution is 6.36. The Labute approximate surface area is 168 Å². The number of hydrogen-bond acceptors (Lipinski definition) is 4. The molecule has 0 saturated heterocycles. The van der Waals surface area contributed by atoms with Gasteiger partial charge in [0.25, 0.3) is 0 Å². The molecule has 7 heteroatoms. The molecule has 0 spiro atoms. The van der Waals surface area contributed by atoms with Crippen molar-refractivity contribution in [1.82, 2.24) is 5.32 Å². The first-order valence-electron chi connectivity index (χ1n) is 8.49. The standard InChI is InChI=1S/C20H22Cl2FNO3/c1-11(2)19-17(25)5-4-13(20(19)23)8-14-15(21)6-12(7-16(14)22)9-24-10-18(26)27-3/h4-7,11,24-25H,8-10H2,1-3H3. The smallest absolute Gasteiger partial charge is 0.319 e. The number of methoxy groups -OCH3 is 1. The van der Waals surface area contributed by atoms with E-state index in [2.05, 4.69) is 10.1 Å². The van der Waals surface area contributed by atoms with Gasteiger partial charge in [0, 0.05) is 28.6 Å². The maximum Gasteiger partial charge on any atom is 0.319 e. The molecule has 0 fully saturated rings. The van der Waals surface area contributed by atoms with Crippen LogP contribution in [0.15, 0.2) is 24.3 Å². The third kappa shape index (κ3) is 5.34. The van der Waals surface area contributed by atoms with Gasteiger partial charge >= 0.3 is 5.97 Å². The van der Waals surface area contributed by atoms with Crippen molar-refractivity contribution in [2.24, 2.45) is 0 Å². The number of phenolic OH excluding ortho intramolecular Hbond substituents is 1. The van der Waals surface area contributed by atoms with Gasteiger partial charge in [0.15, 0.2) is 0 Å². The molecule has 0 aliphatic carbocycles. The Bertz CT molecular complexity index is 817. The summed E-state index contributed by atoms with van der Waals surface area (Å²) in [6.07, 6.45) is 0.208. The Morgan fingerprint density at radius 2 is 1.89 bits per heavy atom. The van der Waals surface area contributed by atoms with Crippen LogP contribution in [0.5, 0.6) is 5.75 Å². The molecule has 0 heterocycles. The van der Waals surface area contributed by atoms with Gasteiger partial charge in [-0.1, -0.05) is 43.1 Å². The summed E-state index contributed by atoms with van der Waals surface area (Å²) in [5, 5.41) is 13.7. The summed E-state index contributed by atoms with van der Waals surface area (Å²) in [5.41, 5.74) is 2.10. The second-order valence-electron chi connectivity index (χ2n) is 6.52. The molecular weight excluding hydrogens is 392 g/mol. The number of carbonyl (C=O) groups is 1. The van der Waals surface area contributed by atoms with Crippen molar-refractivity contribution in [3.05, 3.63) is 62.4 Å². The van der Waals surface area contributed by atoms with Crippen LogP contribution >= 0.6 is 23.2 Å². The molecule has 0 saturated carbocycles. The van der Waals surface area contributed by atoms with E-state index >= 15 is 0 Å². The van der Waals surface area contributed by atoms with Gasteiger partial charge in [-0.05, 0) is 40.8 Å². The number of nitrogens with one attached hydrogen (secondary N) is 1. The molecule has 4 nitrogen and oxygen atoms in total. The Morgan fingerprint density at radius 3 is 2.44 bits per heavy atom. The average molecular weight is 414 g/mol. The maximum atomic E-state index is 14.8. The van der Waals surface area contributed by atoms with E-state index in [1.807, 2.05) is 13.8 Å². The molecule has 146 valence electrons. The summed E-state index contributed by atoms with van der Waals surface area (Å²) in [7, 11) is 1.32. The quantitative estimate of drug-likeness (QED) is 0.639. The molecule has 0 aliphatic rings. The number of aromatic hydroxyl groups is 1. The lowest BCUT2D eigenvalue weighted by Crippen LogP contribution is -2.23. The molecular formula is C20H22Cl2FNO3. The fourth-order valence-corrected chi connectivity index (χ4v) is 3.48. The minimum Gasteiger partial charge on any atom is -0.508 e. The van der Waals surface area contributed by atoms with Gasteiger partial charge in [-0.25, -0.2) is 4.39 Å². The minimum atomic E-state index is -0.444. The average Bonchev–Trinajstić information content (AvgIpc) is 2.59. The van der Waals surface area contributed by atoms with Gasteiger partial charge < -0.3 is 15.2 Å². The van der Waals surface area contributed by atoms with E-state index in [4.69, 9.17) is 23.2 Å². The lowest BCUT2D eigenvalue weighted by molar-refractivity contribution is -0.139. The Morgan fingerprint density at radius 1 is 1.26 bits per heavy atom. The van der Waals surface area contributed by atoms with Crippen LogP contribution in [-0.4, -0.2) is 24.7 Å². The number of hydrogen-bond donors (Lipinski definition) is 2. The number of ether oxygens (including phenoxy) is 1. The highest BCUT2D eigenvalue weighted by Crippen LogP contribution is 2.34. The second-order valence-corrected chi connectivity index (χ2v) is 7.34. The zero-order valence-corrected chi connectivity index (χ0v) is 16.9. The molecule has 0 unspecified atom stereocenters. The lowest BCUT2D eigenvalue weighted by Gasteiger charge is -2.15. The predicted octanol–water partition coefficient (Wildman–Crippen LogP) is 4.81. The highest BCUT2D eigenvalue weighted by Gasteiger charge is 2.18. The number of esters is 1. The van der Waals surface area contributed by atoms with Gasteiger partial charge in [-0.15, -0.1) is 0 Å². The van der Waals surface area contributed by atoms with Crippen LogP contribution < -0.4 is 5.32 Å². The summed E-state index contributed by atoms with van der Waals surface area (Å²) >= 11 is 12.7. The van der Waals surface area contributed by atoms with Crippen molar-refractivity contribution in [3.63, 3.8) is 0 Å². The summed E-state index contributed by atoms with van der Waals surface area (Å²) in [6.45, 7) is 4.10. The van der Waals surface area contributed by atoms with Gasteiger partial charge in [0.1, 0.15) is 11.6 Å². The van der Waals surface area contributed by atoms with E-state index in [1.54, 1.807) is 12.1 Å². The van der Waals surface area contributed by atoms with Crippen molar-refractivity contribution in [3.8, 4) is 5.75 Å². The molecule has 0 aromatic heterocycles. The van der Waals surface area contributed by atoms with E-state index in [0.717, 1.165) is 5.56 Å². The van der Waals surface area contributed by atoms with Gasteiger partial charge in [-0.2, -0.15) is 0 Å². The molecule has 2 rings (SSSR count). The summed E-state index contributed by atoms with van der Waals surface area (Å²) in [4.78, 5) is 11.1. The molecule has 2 aromatic carbocycles. The number of phenols is 1. The highest BCUT2D eigenvalue weighted by atomic mass is 35.5. The van der Waals surface area contributed by atoms with Crippen molar-refractivity contribution in [2.45, 2.75) is 32.7 Å². The van der Waals surface area contributed by atoms with Crippen LogP contribution in [-0.2, 0) is 22.5 Å². The van der Waals surface area contributed by atoms with E-state index in [1.165, 1.54) is 19.2 Å². The molecule has 0 aliphatic heterocycles. The molecule has 2 N–H and O–H groups in total. The fraction of sp³-hybridized carbons (Fsp3) is 0.350. The van der Waals surface area contributed by atoms with Crippen LogP contribution in [0.2, 0.25) is 10.0 Å². The third-order valence-electron chi connectivity index (χ3n) is 4.21. The van der Waals surface area contributed by atoms with Gasteiger partial charge in [0.05, 0.1) is 13.7 Å². The monoisotopic (exact) mass is 413 g/mol. The number of carbonyl (C=O) groups excluding carboxylic acids is 1. The first-order chi connectivity index (χ1) is 12.7. The normalized spacial score (nSPS) is 11.1. The Hall–Kier alpha value is -1.82. The lowest BCUT2D eigenvalue weighted by atomic mass is 9.95. The van der Waals surface area contributed by atoms with Crippen LogP contribution in [0.4, 0.5) is 4.39 Å². The van der Waals surface area contributed by atoms with Crippen LogP contribution in [0, 0.1) is 5.82 Å². The van der Waals surface area contributed by atoms with Crippen molar-refractivity contribution >= 4 is 29.2 Å². The van der Waals surface area contributed by atoms with Crippen LogP contribution in [0.1, 0.15) is 42.0 Å². The summed E-state index contributed by atoms with van der Waals surface area (Å²) < 4.78 is 19.3. The number of halogens is 3. The Kier molecular flexibility index (Phi) is 7.48. The van der Waals surface area contributed by atoms with E-state index in [9.17, 15) is 14.3 Å². The van der Waals surface area contributed by atoms with Crippen molar-refractivity contribution < 1.29 is 19.0 Å². The molecule has 27 heavy (non-hydrogen) atoms. The molecule has 0 radical (unpaired) electrons. The predicted molar refractivity (Wildman–Crippen MR) is 105 cm³/mol. The maximum absolute atomic E-state index is 14.8. The van der Waals surface area contributed by atoms with Crippen LogP contribution in [0.25, 0.3) is 0 Å². The molecule has 0 atom stereocenters. The van der Waals surface area contributed by atoms with Crippen molar-refractivity contribution in [2.75, 3.05) is 13.7 Å². The first kappa shape index (κ1) is 21.5. The number of benzene rings is 2. The van der Waals surface area contributed by atoms with Gasteiger partial charge in [0.2, 0.25) is 0 Å². The third-order valence-corrected chi connectivity index (χ3v) is 4.88. The first-order valence-corrected chi connectivity index (χ1v) is 9.24. The van der Waals surface area contributed by atoms with E-state index < -0.39 is 5.82 Å². The summed E-state index contributed by atoms with van der Waals surface area (Å²) in [6, 6.07) is 6.49. The Balaban J connectivity index is 2.23. The largest absolute Gasteiger partial charge is 0.508 e. The molecule has 0 bridgehead atoms. The minimum absolute atomic E-state index is 0.0597. The zero-order valence-electron chi connectivity index (χ0n) is 15.4. The molecule has 2 aromatic rings. The topological polar surface area (TPSA) is 58.6 Å². The van der Waals surface area contributed by atoms with Crippen LogP contribution in [0.3, 0.4) is 0 Å². The van der Waals surface area contributed by atoms with Gasteiger partial charge in [-0.3, -0.25) is 4.79 Å². The van der Waals surface area contributed by atoms with E-state index in [-0.39, 0.29) is 36.2 Å². The van der Waals surface area contributed by atoms with E-state index in [0.29, 0.717) is 27.7 Å². The zero-order chi connectivity index (χ0) is 20.1. The summed E-state index contributed by atoms with van der Waals surface area (Å²) in [5.74, 6) is -1.02. The number of rotatable bonds is 7. The molecule has 0 amide bonds.